The maximum atomic E-state index is 14.9. The van der Waals surface area contributed by atoms with Crippen molar-refractivity contribution in [2.45, 2.75) is 42.7 Å². The van der Waals surface area contributed by atoms with Crippen molar-refractivity contribution >= 4 is 49.7 Å². The molecule has 0 spiro atoms. The lowest BCUT2D eigenvalue weighted by Crippen LogP contribution is -2.57. The first kappa shape index (κ1) is 24.2. The summed E-state index contributed by atoms with van der Waals surface area (Å²) in [5.74, 6) is -0.780. The molecule has 1 aliphatic heterocycles. The minimum atomic E-state index is -4.18. The zero-order valence-electron chi connectivity index (χ0n) is 18.4. The minimum absolute atomic E-state index is 0.0124. The number of amides is 1. The number of carbonyl (C=O) groups excluding carboxylic acids is 1. The third-order valence-corrected chi connectivity index (χ3v) is 8.78. The second-order valence-corrected chi connectivity index (χ2v) is 11.6. The summed E-state index contributed by atoms with van der Waals surface area (Å²) in [6.45, 7) is 1.52. The standard InChI is InChI=1S/C21H27ClFN5O3S2/c1-27-11-13(12-27)20(29)28(2)18-6-4-3-5-16(18)25-17-10-15(23)19(9-14(17)22)33(30,31)26-21-24-7-8-32-21/h7-10,13,16,18,25H,3-6,11-12H2,1-2H3,(H,24,26)/t16-,18-/m0/s1. The molecule has 12 heteroatoms. The summed E-state index contributed by atoms with van der Waals surface area (Å²) in [5.41, 5.74) is 0.309. The van der Waals surface area contributed by atoms with Crippen LogP contribution in [0.2, 0.25) is 5.02 Å². The zero-order valence-corrected chi connectivity index (χ0v) is 20.8. The van der Waals surface area contributed by atoms with E-state index in [0.29, 0.717) is 5.69 Å². The molecule has 0 bridgehead atoms. The van der Waals surface area contributed by atoms with Crippen LogP contribution in [0.25, 0.3) is 0 Å². The largest absolute Gasteiger partial charge is 0.379 e. The van der Waals surface area contributed by atoms with Crippen LogP contribution in [0.4, 0.5) is 15.2 Å². The number of aromatic nitrogens is 1. The molecule has 2 atom stereocenters. The number of hydrogen-bond donors (Lipinski definition) is 2. The number of carbonyl (C=O) groups is 1. The van der Waals surface area contributed by atoms with Crippen LogP contribution >= 0.6 is 22.9 Å². The Kier molecular flexibility index (Phi) is 7.13. The number of thiazole rings is 1. The van der Waals surface area contributed by atoms with Crippen LogP contribution in [-0.2, 0) is 14.8 Å². The van der Waals surface area contributed by atoms with Gasteiger partial charge < -0.3 is 15.1 Å². The maximum Gasteiger partial charge on any atom is 0.266 e. The summed E-state index contributed by atoms with van der Waals surface area (Å²) < 4.78 is 42.3. The van der Waals surface area contributed by atoms with Gasteiger partial charge in [0.15, 0.2) is 5.13 Å². The molecule has 1 saturated carbocycles. The van der Waals surface area contributed by atoms with Gasteiger partial charge in [0.05, 0.1) is 22.7 Å². The molecular formula is C21H27ClFN5O3S2. The van der Waals surface area contributed by atoms with Crippen LogP contribution < -0.4 is 10.0 Å². The highest BCUT2D eigenvalue weighted by Crippen LogP contribution is 2.33. The number of likely N-dealkylation sites (N-methyl/N-ethyl adjacent to an activating group) is 1. The van der Waals surface area contributed by atoms with Gasteiger partial charge in [-0.2, -0.15) is 0 Å². The van der Waals surface area contributed by atoms with Crippen LogP contribution in [0.1, 0.15) is 25.7 Å². The molecule has 180 valence electrons. The first-order valence-corrected chi connectivity index (χ1v) is 13.5. The van der Waals surface area contributed by atoms with E-state index in [-0.39, 0.29) is 34.1 Å². The zero-order chi connectivity index (χ0) is 23.8. The third-order valence-electron chi connectivity index (χ3n) is 6.29. The molecule has 2 aliphatic rings. The van der Waals surface area contributed by atoms with E-state index in [9.17, 15) is 17.6 Å². The monoisotopic (exact) mass is 515 g/mol. The van der Waals surface area contributed by atoms with Crippen molar-refractivity contribution in [3.05, 3.63) is 34.5 Å². The molecule has 1 amide bonds. The predicted octanol–water partition coefficient (Wildman–Crippen LogP) is 3.48. The van der Waals surface area contributed by atoms with Crippen LogP contribution in [0.15, 0.2) is 28.6 Å². The third kappa shape index (κ3) is 5.26. The van der Waals surface area contributed by atoms with Gasteiger partial charge in [-0.1, -0.05) is 24.4 Å². The lowest BCUT2D eigenvalue weighted by molar-refractivity contribution is -0.142. The predicted molar refractivity (Wildman–Crippen MR) is 128 cm³/mol. The van der Waals surface area contributed by atoms with Crippen LogP contribution in [0.5, 0.6) is 0 Å². The quantitative estimate of drug-likeness (QED) is 0.586. The molecule has 4 rings (SSSR count). The molecule has 1 aromatic heterocycles. The molecule has 2 N–H and O–H groups in total. The summed E-state index contributed by atoms with van der Waals surface area (Å²) in [4.78, 5) is 20.1. The number of halogens is 2. The number of benzene rings is 1. The van der Waals surface area contributed by atoms with Crippen molar-refractivity contribution in [3.63, 3.8) is 0 Å². The van der Waals surface area contributed by atoms with Crippen molar-refractivity contribution in [1.82, 2.24) is 14.8 Å². The Hall–Kier alpha value is -1.95. The number of nitrogens with zero attached hydrogens (tertiary/aromatic N) is 3. The molecule has 2 heterocycles. The van der Waals surface area contributed by atoms with Crippen molar-refractivity contribution < 1.29 is 17.6 Å². The maximum absolute atomic E-state index is 14.9. The highest BCUT2D eigenvalue weighted by Gasteiger charge is 2.37. The summed E-state index contributed by atoms with van der Waals surface area (Å²) >= 11 is 7.47. The van der Waals surface area contributed by atoms with E-state index < -0.39 is 20.7 Å². The Morgan fingerprint density at radius 2 is 2.03 bits per heavy atom. The molecule has 0 unspecified atom stereocenters. The summed E-state index contributed by atoms with van der Waals surface area (Å²) in [7, 11) is -0.364. The molecule has 2 aromatic rings. The first-order valence-electron chi connectivity index (χ1n) is 10.8. The topological polar surface area (TPSA) is 94.6 Å². The van der Waals surface area contributed by atoms with Crippen LogP contribution in [-0.4, -0.2) is 68.4 Å². The highest BCUT2D eigenvalue weighted by atomic mass is 35.5. The fourth-order valence-electron chi connectivity index (χ4n) is 4.54. The van der Waals surface area contributed by atoms with Crippen molar-refractivity contribution in [1.29, 1.82) is 0 Å². The molecule has 33 heavy (non-hydrogen) atoms. The number of hydrogen-bond acceptors (Lipinski definition) is 7. The fraction of sp³-hybridized carbons (Fsp3) is 0.524. The minimum Gasteiger partial charge on any atom is -0.379 e. The van der Waals surface area contributed by atoms with Crippen LogP contribution in [0.3, 0.4) is 0 Å². The van der Waals surface area contributed by atoms with E-state index >= 15 is 0 Å². The lowest BCUT2D eigenvalue weighted by atomic mass is 9.87. The Balaban J connectivity index is 1.51. The molecular weight excluding hydrogens is 489 g/mol. The van der Waals surface area contributed by atoms with Crippen molar-refractivity contribution in [3.8, 4) is 0 Å². The highest BCUT2D eigenvalue weighted by molar-refractivity contribution is 7.93. The molecule has 1 aromatic carbocycles. The van der Waals surface area contributed by atoms with Gasteiger partial charge in [0.25, 0.3) is 10.0 Å². The summed E-state index contributed by atoms with van der Waals surface area (Å²) in [6, 6.07) is 2.05. The summed E-state index contributed by atoms with van der Waals surface area (Å²) in [6.07, 6.45) is 5.08. The molecule has 0 radical (unpaired) electrons. The van der Waals surface area contributed by atoms with E-state index in [2.05, 4.69) is 19.9 Å². The average Bonchev–Trinajstić information content (AvgIpc) is 3.25. The van der Waals surface area contributed by atoms with Gasteiger partial charge in [-0.25, -0.2) is 17.8 Å². The van der Waals surface area contributed by atoms with Gasteiger partial charge in [-0.15, -0.1) is 11.3 Å². The van der Waals surface area contributed by atoms with E-state index in [1.54, 1.807) is 5.38 Å². The Morgan fingerprint density at radius 3 is 2.70 bits per heavy atom. The Labute approximate surface area is 202 Å². The van der Waals surface area contributed by atoms with E-state index in [4.69, 9.17) is 11.6 Å². The van der Waals surface area contributed by atoms with Crippen LogP contribution in [0, 0.1) is 11.7 Å². The number of nitrogens with one attached hydrogen (secondary N) is 2. The molecule has 2 fully saturated rings. The van der Waals surface area contributed by atoms with E-state index in [1.165, 1.54) is 6.20 Å². The number of likely N-dealkylation sites (tertiary alicyclic amines) is 1. The average molecular weight is 516 g/mol. The van der Waals surface area contributed by atoms with Crippen molar-refractivity contribution in [2.24, 2.45) is 5.92 Å². The van der Waals surface area contributed by atoms with Gasteiger partial charge in [0.1, 0.15) is 10.7 Å². The fourth-order valence-corrected chi connectivity index (χ4v) is 6.70. The number of anilines is 2. The van der Waals surface area contributed by atoms with E-state index in [1.807, 2.05) is 19.0 Å². The Bertz CT molecular complexity index is 1110. The van der Waals surface area contributed by atoms with Gasteiger partial charge in [0.2, 0.25) is 5.91 Å². The second kappa shape index (κ2) is 9.73. The van der Waals surface area contributed by atoms with Gasteiger partial charge in [-0.05, 0) is 32.0 Å². The van der Waals surface area contributed by atoms with Gasteiger partial charge in [-0.3, -0.25) is 9.52 Å². The van der Waals surface area contributed by atoms with Crippen molar-refractivity contribution in [2.75, 3.05) is 37.2 Å². The first-order chi connectivity index (χ1) is 15.7. The smallest absolute Gasteiger partial charge is 0.266 e. The van der Waals surface area contributed by atoms with Gasteiger partial charge >= 0.3 is 0 Å². The molecule has 8 nitrogen and oxygen atoms in total. The Morgan fingerprint density at radius 1 is 1.30 bits per heavy atom. The van der Waals surface area contributed by atoms with E-state index in [0.717, 1.165) is 62.2 Å². The molecule has 1 saturated heterocycles. The second-order valence-electron chi connectivity index (χ2n) is 8.68. The number of rotatable bonds is 7. The molecule has 1 aliphatic carbocycles. The SMILES string of the molecule is CN1CC(C(=O)N(C)[C@H]2CCCC[C@@H]2Nc2cc(F)c(S(=O)(=O)Nc3nccs3)cc2Cl)C1. The van der Waals surface area contributed by atoms with Gasteiger partial charge in [0, 0.05) is 37.8 Å². The lowest BCUT2D eigenvalue weighted by Gasteiger charge is -2.43. The number of sulfonamides is 1. The normalized spacial score (nSPS) is 21.9. The summed E-state index contributed by atoms with van der Waals surface area (Å²) in [5, 5.41) is 5.13.